The Kier molecular flexibility index (Phi) is 7.80. The van der Waals surface area contributed by atoms with Crippen molar-refractivity contribution in [1.29, 1.82) is 0 Å². The van der Waals surface area contributed by atoms with Crippen molar-refractivity contribution in [2.75, 3.05) is 16.8 Å². The fraction of sp³-hybridized carbons (Fsp3) is 0.200. The first kappa shape index (κ1) is 24.8. The van der Waals surface area contributed by atoms with Gasteiger partial charge in [-0.25, -0.2) is 4.79 Å². The van der Waals surface area contributed by atoms with E-state index >= 15 is 0 Å². The van der Waals surface area contributed by atoms with Gasteiger partial charge in [-0.2, -0.15) is 0 Å². The smallest absolute Gasteiger partial charge is 0.338 e. The van der Waals surface area contributed by atoms with Gasteiger partial charge in [0.15, 0.2) is 5.11 Å². The normalized spacial score (nSPS) is 15.4. The third-order valence-electron chi connectivity index (χ3n) is 5.37. The van der Waals surface area contributed by atoms with Crippen molar-refractivity contribution >= 4 is 69.4 Å². The number of halogens is 1. The van der Waals surface area contributed by atoms with Crippen LogP contribution in [0.3, 0.4) is 0 Å². The number of thiocarbonyl (C=S) groups is 1. The zero-order valence-electron chi connectivity index (χ0n) is 18.8. The van der Waals surface area contributed by atoms with E-state index in [2.05, 4.69) is 5.32 Å². The van der Waals surface area contributed by atoms with E-state index in [1.807, 2.05) is 17.5 Å². The van der Waals surface area contributed by atoms with E-state index in [9.17, 15) is 14.4 Å². The minimum absolute atomic E-state index is 0.0790. The molecule has 0 aliphatic carbocycles. The predicted molar refractivity (Wildman–Crippen MR) is 141 cm³/mol. The molecule has 3 aromatic rings. The first-order valence-electron chi connectivity index (χ1n) is 10.9. The number of amides is 2. The average molecular weight is 528 g/mol. The Hall–Kier alpha value is -3.27. The lowest BCUT2D eigenvalue weighted by molar-refractivity contribution is -0.124. The predicted octanol–water partition coefficient (Wildman–Crippen LogP) is 5.11. The molecule has 1 aliphatic rings. The van der Waals surface area contributed by atoms with Gasteiger partial charge in [-0.3, -0.25) is 14.5 Å². The molecule has 0 bridgehead atoms. The summed E-state index contributed by atoms with van der Waals surface area (Å²) in [6.07, 6.45) is -0.0790. The van der Waals surface area contributed by atoms with Crippen LogP contribution in [-0.2, 0) is 20.9 Å². The molecule has 1 N–H and O–H groups in total. The number of esters is 1. The lowest BCUT2D eigenvalue weighted by atomic mass is 10.1. The molecule has 0 unspecified atom stereocenters. The number of hydrogen-bond acceptors (Lipinski definition) is 6. The number of ether oxygens (including phenoxy) is 1. The van der Waals surface area contributed by atoms with Crippen LogP contribution in [0.25, 0.3) is 0 Å². The second kappa shape index (κ2) is 11.0. The minimum Gasteiger partial charge on any atom is -0.462 e. The molecule has 2 aromatic carbocycles. The highest BCUT2D eigenvalue weighted by molar-refractivity contribution is 7.80. The second-order valence-corrected chi connectivity index (χ2v) is 9.54. The molecule has 1 atom stereocenters. The van der Waals surface area contributed by atoms with Crippen LogP contribution < -0.4 is 10.2 Å². The van der Waals surface area contributed by atoms with Gasteiger partial charge in [0.25, 0.3) is 5.91 Å². The fourth-order valence-corrected chi connectivity index (χ4v) is 4.92. The minimum atomic E-state index is -0.776. The topological polar surface area (TPSA) is 78.9 Å². The van der Waals surface area contributed by atoms with Gasteiger partial charge >= 0.3 is 5.97 Å². The van der Waals surface area contributed by atoms with Crippen LogP contribution in [0.5, 0.6) is 0 Å². The van der Waals surface area contributed by atoms with E-state index in [1.165, 1.54) is 4.90 Å². The van der Waals surface area contributed by atoms with E-state index in [0.29, 0.717) is 33.6 Å². The zero-order chi connectivity index (χ0) is 24.9. The van der Waals surface area contributed by atoms with E-state index in [0.717, 1.165) is 4.88 Å². The average Bonchev–Trinajstić information content (AvgIpc) is 3.43. The van der Waals surface area contributed by atoms with E-state index in [4.69, 9.17) is 28.6 Å². The van der Waals surface area contributed by atoms with Gasteiger partial charge in [0, 0.05) is 15.6 Å². The third-order valence-corrected chi connectivity index (χ3v) is 6.90. The Morgan fingerprint density at radius 1 is 1.11 bits per heavy atom. The van der Waals surface area contributed by atoms with E-state index in [1.54, 1.807) is 71.7 Å². The third kappa shape index (κ3) is 5.70. The van der Waals surface area contributed by atoms with Crippen LogP contribution in [-0.4, -0.2) is 40.4 Å². The summed E-state index contributed by atoms with van der Waals surface area (Å²) in [7, 11) is 0. The van der Waals surface area contributed by atoms with Crippen LogP contribution >= 0.6 is 35.2 Å². The SMILES string of the molecule is CCOC(=O)c1ccc(N2C(=O)[C@@H](CC(=O)Nc3ccc(Cl)cc3)N(Cc3cccs3)C2=S)cc1. The van der Waals surface area contributed by atoms with Crippen LogP contribution in [0.1, 0.15) is 28.6 Å². The van der Waals surface area contributed by atoms with Gasteiger partial charge in [0.1, 0.15) is 6.04 Å². The van der Waals surface area contributed by atoms with Crippen LogP contribution in [0.4, 0.5) is 11.4 Å². The molecule has 0 saturated carbocycles. The number of rotatable bonds is 8. The summed E-state index contributed by atoms with van der Waals surface area (Å²) in [6, 6.07) is 16.3. The van der Waals surface area contributed by atoms with E-state index in [-0.39, 0.29) is 24.8 Å². The molecule has 4 rings (SSSR count). The first-order valence-corrected chi connectivity index (χ1v) is 12.5. The summed E-state index contributed by atoms with van der Waals surface area (Å²) in [5.74, 6) is -1.06. The summed E-state index contributed by atoms with van der Waals surface area (Å²) in [4.78, 5) is 42.6. The van der Waals surface area contributed by atoms with Gasteiger partial charge in [0.05, 0.1) is 30.8 Å². The first-order chi connectivity index (χ1) is 16.9. The zero-order valence-corrected chi connectivity index (χ0v) is 21.2. The number of nitrogens with zero attached hydrogens (tertiary/aromatic N) is 2. The maximum Gasteiger partial charge on any atom is 0.338 e. The number of hydrogen-bond donors (Lipinski definition) is 1. The number of carbonyl (C=O) groups excluding carboxylic acids is 3. The van der Waals surface area contributed by atoms with Gasteiger partial charge in [-0.05, 0) is 79.1 Å². The number of nitrogens with one attached hydrogen (secondary N) is 1. The summed E-state index contributed by atoms with van der Waals surface area (Å²) >= 11 is 13.2. The molecule has 2 heterocycles. The standard InChI is InChI=1S/C25H22ClN3O4S2/c1-2-33-24(32)16-5-11-19(12-6-16)29-23(31)21(28(25(29)34)15-20-4-3-13-35-20)14-22(30)27-18-9-7-17(26)8-10-18/h3-13,21H,2,14-15H2,1H3,(H,27,30)/t21-/m1/s1. The Bertz CT molecular complexity index is 1230. The molecule has 180 valence electrons. The molecule has 1 aliphatic heterocycles. The number of benzene rings is 2. The summed E-state index contributed by atoms with van der Waals surface area (Å²) < 4.78 is 5.02. The van der Waals surface area contributed by atoms with Crippen molar-refractivity contribution in [3.8, 4) is 0 Å². The second-order valence-electron chi connectivity index (χ2n) is 7.71. The summed E-state index contributed by atoms with van der Waals surface area (Å²) in [5.41, 5.74) is 1.48. The molecule has 1 fully saturated rings. The van der Waals surface area contributed by atoms with Crippen LogP contribution in [0, 0.1) is 0 Å². The van der Waals surface area contributed by atoms with Crippen LogP contribution in [0.15, 0.2) is 66.0 Å². The van der Waals surface area contributed by atoms with Crippen molar-refractivity contribution in [1.82, 2.24) is 4.90 Å². The van der Waals surface area contributed by atoms with Crippen molar-refractivity contribution in [2.45, 2.75) is 25.9 Å². The lowest BCUT2D eigenvalue weighted by Crippen LogP contribution is -2.37. The molecule has 10 heteroatoms. The maximum atomic E-state index is 13.5. The molecule has 35 heavy (non-hydrogen) atoms. The Morgan fingerprint density at radius 2 is 1.83 bits per heavy atom. The number of anilines is 2. The monoisotopic (exact) mass is 527 g/mol. The highest BCUT2D eigenvalue weighted by Gasteiger charge is 2.44. The van der Waals surface area contributed by atoms with Gasteiger partial charge < -0.3 is 15.0 Å². The van der Waals surface area contributed by atoms with Gasteiger partial charge in [-0.15, -0.1) is 11.3 Å². The van der Waals surface area contributed by atoms with E-state index < -0.39 is 12.0 Å². The molecule has 1 aromatic heterocycles. The molecular weight excluding hydrogens is 506 g/mol. The Morgan fingerprint density at radius 3 is 2.46 bits per heavy atom. The number of carbonyl (C=O) groups is 3. The quantitative estimate of drug-likeness (QED) is 0.324. The van der Waals surface area contributed by atoms with Crippen molar-refractivity contribution in [3.05, 3.63) is 81.5 Å². The fourth-order valence-electron chi connectivity index (χ4n) is 3.70. The van der Waals surface area contributed by atoms with Crippen LogP contribution in [0.2, 0.25) is 5.02 Å². The summed E-state index contributed by atoms with van der Waals surface area (Å²) in [6.45, 7) is 2.41. The molecule has 2 amide bonds. The molecular formula is C25H22ClN3O4S2. The van der Waals surface area contributed by atoms with Gasteiger partial charge in [0.2, 0.25) is 5.91 Å². The molecule has 1 saturated heterocycles. The lowest BCUT2D eigenvalue weighted by Gasteiger charge is -2.23. The Labute approximate surface area is 217 Å². The molecule has 0 radical (unpaired) electrons. The van der Waals surface area contributed by atoms with Crippen molar-refractivity contribution in [2.24, 2.45) is 0 Å². The van der Waals surface area contributed by atoms with Gasteiger partial charge in [-0.1, -0.05) is 17.7 Å². The Balaban J connectivity index is 1.56. The highest BCUT2D eigenvalue weighted by Crippen LogP contribution is 2.30. The molecule has 0 spiro atoms. The molecule has 7 nitrogen and oxygen atoms in total. The van der Waals surface area contributed by atoms with Crippen molar-refractivity contribution in [3.63, 3.8) is 0 Å². The van der Waals surface area contributed by atoms with Crippen molar-refractivity contribution < 1.29 is 19.1 Å². The number of thiophene rings is 1. The largest absolute Gasteiger partial charge is 0.462 e. The maximum absolute atomic E-state index is 13.5. The summed E-state index contributed by atoms with van der Waals surface area (Å²) in [5, 5.41) is 5.62. The highest BCUT2D eigenvalue weighted by atomic mass is 35.5.